The highest BCUT2D eigenvalue weighted by Gasteiger charge is 2.20. The second-order valence-electron chi connectivity index (χ2n) is 3.51. The smallest absolute Gasteiger partial charge is 0.229 e. The van der Waals surface area contributed by atoms with Gasteiger partial charge in [0.15, 0.2) is 5.82 Å². The van der Waals surface area contributed by atoms with Crippen LogP contribution in [-0.4, -0.2) is 18.6 Å². The lowest BCUT2D eigenvalue weighted by Gasteiger charge is -2.17. The van der Waals surface area contributed by atoms with Crippen LogP contribution in [0, 0.1) is 6.92 Å². The molecule has 83 valence electrons. The Balaban J connectivity index is 0.000000617. The Bertz CT molecular complexity index is 257. The molecule has 3 nitrogen and oxygen atoms in total. The van der Waals surface area contributed by atoms with Crippen molar-refractivity contribution in [1.82, 2.24) is 10.1 Å². The quantitative estimate of drug-likeness (QED) is 0.664. The van der Waals surface area contributed by atoms with Gasteiger partial charge in [0.05, 0.1) is 0 Å². The van der Waals surface area contributed by atoms with E-state index in [1.54, 1.807) is 0 Å². The van der Waals surface area contributed by atoms with E-state index in [0.717, 1.165) is 11.7 Å². The molecule has 1 aliphatic carbocycles. The summed E-state index contributed by atoms with van der Waals surface area (Å²) < 4.78 is 5.14. The van der Waals surface area contributed by atoms with Crippen LogP contribution in [0.5, 0.6) is 0 Å². The molecule has 1 aliphatic rings. The molecule has 15 heavy (non-hydrogen) atoms. The molecule has 1 aromatic rings. The van der Waals surface area contributed by atoms with Gasteiger partial charge in [0.1, 0.15) is 0 Å². The number of rotatable bonds is 1. The van der Waals surface area contributed by atoms with Crippen molar-refractivity contribution in [1.29, 1.82) is 0 Å². The zero-order valence-electron chi connectivity index (χ0n) is 9.99. The summed E-state index contributed by atoms with van der Waals surface area (Å²) in [5, 5.41) is 3.81. The van der Waals surface area contributed by atoms with Gasteiger partial charge in [-0.2, -0.15) is 4.98 Å². The van der Waals surface area contributed by atoms with Crippen LogP contribution in [0.15, 0.2) is 4.52 Å². The molecule has 0 amide bonds. The molecule has 0 bridgehead atoms. The zero-order chi connectivity index (χ0) is 10.4. The summed E-state index contributed by atoms with van der Waals surface area (Å²) in [5.41, 5.74) is 0. The van der Waals surface area contributed by atoms with Crippen LogP contribution in [0.25, 0.3) is 0 Å². The molecule has 3 radical (unpaired) electrons. The number of aromatic nitrogens is 2. The van der Waals surface area contributed by atoms with E-state index in [0.29, 0.717) is 5.92 Å². The third-order valence-electron chi connectivity index (χ3n) is 2.50. The summed E-state index contributed by atoms with van der Waals surface area (Å²) >= 11 is 0. The molecule has 0 spiro atoms. The van der Waals surface area contributed by atoms with Crippen LogP contribution in [0.3, 0.4) is 0 Å². The topological polar surface area (TPSA) is 38.9 Å². The lowest BCUT2D eigenvalue weighted by atomic mass is 9.89. The third-order valence-corrected chi connectivity index (χ3v) is 2.50. The maximum absolute atomic E-state index is 5.14. The van der Waals surface area contributed by atoms with E-state index in [-0.39, 0.29) is 8.41 Å². The predicted molar refractivity (Wildman–Crippen MR) is 62.0 cm³/mol. The van der Waals surface area contributed by atoms with Gasteiger partial charge in [0.25, 0.3) is 0 Å². The SMILES string of the molecule is CC.Cc1noc(C2CCCCC2)n1.[B]. The molecule has 0 aromatic carbocycles. The van der Waals surface area contributed by atoms with Crippen molar-refractivity contribution in [2.45, 2.75) is 58.8 Å². The Morgan fingerprint density at radius 1 is 1.13 bits per heavy atom. The van der Waals surface area contributed by atoms with Crippen molar-refractivity contribution >= 4 is 8.41 Å². The molecule has 0 atom stereocenters. The second kappa shape index (κ2) is 7.49. The van der Waals surface area contributed by atoms with Gasteiger partial charge in [0, 0.05) is 14.3 Å². The number of nitrogens with zero attached hydrogens (tertiary/aromatic N) is 2. The van der Waals surface area contributed by atoms with Crippen molar-refractivity contribution in [2.24, 2.45) is 0 Å². The second-order valence-corrected chi connectivity index (χ2v) is 3.51. The zero-order valence-corrected chi connectivity index (χ0v) is 9.99. The van der Waals surface area contributed by atoms with E-state index in [4.69, 9.17) is 4.52 Å². The summed E-state index contributed by atoms with van der Waals surface area (Å²) in [6, 6.07) is 0. The standard InChI is InChI=1S/C9H14N2O.C2H6.B/c1-7-10-9(12-11-7)8-5-3-2-4-6-8;1-2;/h8H,2-6H2,1H3;1-2H3;. The van der Waals surface area contributed by atoms with E-state index < -0.39 is 0 Å². The van der Waals surface area contributed by atoms with Gasteiger partial charge in [-0.25, -0.2) is 0 Å². The Morgan fingerprint density at radius 3 is 2.20 bits per heavy atom. The van der Waals surface area contributed by atoms with Crippen LogP contribution in [0.2, 0.25) is 0 Å². The number of hydrogen-bond donors (Lipinski definition) is 0. The Hall–Kier alpha value is -0.795. The first-order chi connectivity index (χ1) is 6.86. The summed E-state index contributed by atoms with van der Waals surface area (Å²) in [5.74, 6) is 2.16. The summed E-state index contributed by atoms with van der Waals surface area (Å²) in [7, 11) is 0. The van der Waals surface area contributed by atoms with E-state index in [2.05, 4.69) is 10.1 Å². The predicted octanol–water partition coefficient (Wildman–Crippen LogP) is 3.07. The van der Waals surface area contributed by atoms with E-state index in [9.17, 15) is 0 Å². The van der Waals surface area contributed by atoms with Crippen LogP contribution in [-0.2, 0) is 0 Å². The highest BCUT2D eigenvalue weighted by molar-refractivity contribution is 5.75. The average Bonchev–Trinajstić information content (AvgIpc) is 2.69. The monoisotopic (exact) mass is 207 g/mol. The summed E-state index contributed by atoms with van der Waals surface area (Å²) in [6.45, 7) is 5.87. The van der Waals surface area contributed by atoms with Crippen molar-refractivity contribution in [3.8, 4) is 0 Å². The summed E-state index contributed by atoms with van der Waals surface area (Å²) in [6.07, 6.45) is 6.44. The van der Waals surface area contributed by atoms with E-state index in [1.807, 2.05) is 20.8 Å². The molecule has 0 unspecified atom stereocenters. The first kappa shape index (κ1) is 14.2. The average molecular weight is 207 g/mol. The lowest BCUT2D eigenvalue weighted by molar-refractivity contribution is 0.312. The van der Waals surface area contributed by atoms with Crippen molar-refractivity contribution in [3.63, 3.8) is 0 Å². The largest absolute Gasteiger partial charge is 0.339 e. The highest BCUT2D eigenvalue weighted by atomic mass is 16.5. The van der Waals surface area contributed by atoms with Gasteiger partial charge in [-0.15, -0.1) is 0 Å². The normalized spacial score (nSPS) is 16.2. The molecule has 4 heteroatoms. The Kier molecular flexibility index (Phi) is 7.09. The fourth-order valence-corrected chi connectivity index (χ4v) is 1.83. The van der Waals surface area contributed by atoms with E-state index in [1.165, 1.54) is 32.1 Å². The summed E-state index contributed by atoms with van der Waals surface area (Å²) in [4.78, 5) is 4.26. The van der Waals surface area contributed by atoms with Gasteiger partial charge in [0.2, 0.25) is 5.89 Å². The highest BCUT2D eigenvalue weighted by Crippen LogP contribution is 2.31. The van der Waals surface area contributed by atoms with Crippen LogP contribution < -0.4 is 0 Å². The molecule has 0 aliphatic heterocycles. The minimum Gasteiger partial charge on any atom is -0.339 e. The van der Waals surface area contributed by atoms with Crippen molar-refractivity contribution in [3.05, 3.63) is 11.7 Å². The van der Waals surface area contributed by atoms with Gasteiger partial charge < -0.3 is 4.52 Å². The minimum absolute atomic E-state index is 0. The molecular formula is C11H20BN2O. The molecule has 1 heterocycles. The molecule has 0 N–H and O–H groups in total. The molecule has 1 fully saturated rings. The molecular weight excluding hydrogens is 187 g/mol. The number of aryl methyl sites for hydroxylation is 1. The Labute approximate surface area is 94.2 Å². The van der Waals surface area contributed by atoms with Gasteiger partial charge in [-0.1, -0.05) is 38.3 Å². The van der Waals surface area contributed by atoms with E-state index >= 15 is 0 Å². The van der Waals surface area contributed by atoms with Crippen LogP contribution in [0.4, 0.5) is 0 Å². The molecule has 0 saturated heterocycles. The maximum Gasteiger partial charge on any atom is 0.229 e. The first-order valence-electron chi connectivity index (χ1n) is 5.66. The fraction of sp³-hybridized carbons (Fsp3) is 0.818. The molecule has 2 rings (SSSR count). The molecule has 1 aromatic heterocycles. The first-order valence-corrected chi connectivity index (χ1v) is 5.66. The minimum atomic E-state index is 0. The number of hydrogen-bond acceptors (Lipinski definition) is 3. The fourth-order valence-electron chi connectivity index (χ4n) is 1.83. The van der Waals surface area contributed by atoms with Gasteiger partial charge in [-0.3, -0.25) is 0 Å². The third kappa shape index (κ3) is 4.06. The van der Waals surface area contributed by atoms with Crippen molar-refractivity contribution in [2.75, 3.05) is 0 Å². The van der Waals surface area contributed by atoms with Gasteiger partial charge in [-0.05, 0) is 19.8 Å². The lowest BCUT2D eigenvalue weighted by Crippen LogP contribution is -2.04. The van der Waals surface area contributed by atoms with Crippen molar-refractivity contribution < 1.29 is 4.52 Å². The molecule has 1 saturated carbocycles. The van der Waals surface area contributed by atoms with Gasteiger partial charge >= 0.3 is 0 Å². The maximum atomic E-state index is 5.14. The Morgan fingerprint density at radius 2 is 1.73 bits per heavy atom. The van der Waals surface area contributed by atoms with Crippen LogP contribution >= 0.6 is 0 Å². The van der Waals surface area contributed by atoms with Crippen LogP contribution in [0.1, 0.15) is 63.6 Å².